The van der Waals surface area contributed by atoms with E-state index in [-0.39, 0.29) is 66.0 Å². The van der Waals surface area contributed by atoms with Crippen LogP contribution in [0.25, 0.3) is 0 Å². The second-order valence-electron chi connectivity index (χ2n) is 7.47. The summed E-state index contributed by atoms with van der Waals surface area (Å²) in [6.45, 7) is 4.30. The maximum atomic E-state index is 13.0. The first-order valence-electron chi connectivity index (χ1n) is 10.7. The number of aromatic nitrogens is 5. The monoisotopic (exact) mass is 638 g/mol. The average Bonchev–Trinajstić information content (AvgIpc) is 3.51. The summed E-state index contributed by atoms with van der Waals surface area (Å²) in [6.07, 6.45) is 1.64. The van der Waals surface area contributed by atoms with Crippen LogP contribution >= 0.6 is 59.7 Å². The van der Waals surface area contributed by atoms with E-state index in [0.29, 0.717) is 23.0 Å². The number of amides is 2. The number of β-lactam (4-membered cyclic amide) rings is 1. The van der Waals surface area contributed by atoms with Crippen molar-refractivity contribution in [1.29, 1.82) is 0 Å². The molecule has 0 aromatic carbocycles. The predicted octanol–water partition coefficient (Wildman–Crippen LogP) is -0.0483. The number of carbonyl (C=O) groups is 3. The number of rotatable bonds is 12. The molecule has 0 saturated carbocycles. The molecule has 1 saturated heterocycles. The lowest BCUT2D eigenvalue weighted by Crippen LogP contribution is -2.71. The summed E-state index contributed by atoms with van der Waals surface area (Å²) < 4.78 is 1.53. The second-order valence-corrected chi connectivity index (χ2v) is 10.4. The van der Waals surface area contributed by atoms with Crippen LogP contribution in [-0.2, 0) is 25.8 Å². The summed E-state index contributed by atoms with van der Waals surface area (Å²) in [7, 11) is 0. The number of nitrogens with two attached hydrogens (primary N) is 2. The molecule has 2 amide bonds. The lowest BCUT2D eigenvalue weighted by atomic mass is 10.0. The number of oxime groups is 1. The van der Waals surface area contributed by atoms with Crippen molar-refractivity contribution in [1.82, 2.24) is 35.4 Å². The van der Waals surface area contributed by atoms with E-state index in [0.717, 1.165) is 11.3 Å². The Labute approximate surface area is 246 Å². The first kappa shape index (κ1) is 32.3. The van der Waals surface area contributed by atoms with Gasteiger partial charge in [-0.05, 0) is 16.0 Å². The lowest BCUT2D eigenvalue weighted by molar-refractivity contribution is -0.150. The summed E-state index contributed by atoms with van der Waals surface area (Å²) in [5.41, 5.74) is 11.5. The van der Waals surface area contributed by atoms with Gasteiger partial charge in [0.1, 0.15) is 29.4 Å². The number of carboxylic acid groups (broad SMARTS) is 1. The van der Waals surface area contributed by atoms with Crippen LogP contribution < -0.4 is 16.8 Å². The number of nitrogens with zero attached hydrogens (tertiary/aromatic N) is 7. The first-order chi connectivity index (χ1) is 17.8. The molecule has 0 bridgehead atoms. The largest absolute Gasteiger partial charge is 0.477 e. The number of hydrogen-bond donors (Lipinski definition) is 4. The molecule has 0 radical (unpaired) electrons. The van der Waals surface area contributed by atoms with E-state index in [1.807, 2.05) is 0 Å². The number of halogens is 2. The second kappa shape index (κ2) is 14.5. The number of nitrogens with one attached hydrogen (secondary N) is 1. The minimum absolute atomic E-state index is 0. The zero-order chi connectivity index (χ0) is 26.5. The van der Waals surface area contributed by atoms with Gasteiger partial charge >= 0.3 is 5.97 Å². The molecule has 6 N–H and O–H groups in total. The third-order valence-corrected chi connectivity index (χ3v) is 8.11. The summed E-state index contributed by atoms with van der Waals surface area (Å²) in [6, 6.07) is -0.961. The molecule has 2 aliphatic rings. The van der Waals surface area contributed by atoms with Gasteiger partial charge in [-0.2, -0.15) is 0 Å². The number of fused-ring (bicyclic) bond motifs is 1. The highest BCUT2D eigenvalue weighted by molar-refractivity contribution is 8.01. The molecule has 2 aromatic rings. The molecule has 4 rings (SSSR count). The van der Waals surface area contributed by atoms with Gasteiger partial charge in [-0.25, -0.2) is 14.5 Å². The Morgan fingerprint density at radius 3 is 2.82 bits per heavy atom. The van der Waals surface area contributed by atoms with E-state index in [4.69, 9.17) is 16.3 Å². The van der Waals surface area contributed by atoms with Crippen molar-refractivity contribution in [3.05, 3.63) is 35.0 Å². The molecule has 212 valence electrons. The molecular formula is C19H24Cl2N10O5S3. The number of hydrogen-bond acceptors (Lipinski definition) is 14. The van der Waals surface area contributed by atoms with Crippen LogP contribution in [0, 0.1) is 0 Å². The summed E-state index contributed by atoms with van der Waals surface area (Å²) in [5.74, 6) is -1.90. The molecule has 1 unspecified atom stereocenters. The van der Waals surface area contributed by atoms with E-state index >= 15 is 0 Å². The minimum atomic E-state index is -1.24. The number of carbonyl (C=O) groups excluding carboxylic acids is 2. The van der Waals surface area contributed by atoms with Gasteiger partial charge in [0.15, 0.2) is 10.8 Å². The van der Waals surface area contributed by atoms with E-state index < -0.39 is 29.2 Å². The number of carboxylic acids is 1. The third-order valence-electron chi connectivity index (χ3n) is 5.06. The van der Waals surface area contributed by atoms with Crippen LogP contribution in [0.3, 0.4) is 0 Å². The molecule has 2 aromatic heterocycles. The zero-order valence-corrected chi connectivity index (χ0v) is 24.0. The SMILES string of the molecule is C=CCn1nnnc1SCC1=C(C(=O)O)N2C(=O)C(NC(=O)/C(=N\OCCN)c3csc(N)n3)[C@H]2SC1.Cl.Cl. The quantitative estimate of drug-likeness (QED) is 0.0599. The highest BCUT2D eigenvalue weighted by Crippen LogP contribution is 2.41. The summed E-state index contributed by atoms with van der Waals surface area (Å²) in [4.78, 5) is 48.4. The molecule has 1 fully saturated rings. The highest BCUT2D eigenvalue weighted by atomic mass is 35.5. The topological polar surface area (TPSA) is 217 Å². The number of thiazole rings is 1. The molecule has 0 aliphatic carbocycles. The van der Waals surface area contributed by atoms with Gasteiger partial charge in [0.05, 0.1) is 6.54 Å². The Morgan fingerprint density at radius 2 is 2.18 bits per heavy atom. The fourth-order valence-electron chi connectivity index (χ4n) is 3.46. The zero-order valence-electron chi connectivity index (χ0n) is 20.0. The Hall–Kier alpha value is -2.90. The van der Waals surface area contributed by atoms with Crippen molar-refractivity contribution in [2.75, 3.05) is 30.4 Å². The summed E-state index contributed by atoms with van der Waals surface area (Å²) >= 11 is 3.71. The Bertz CT molecular complexity index is 1290. The van der Waals surface area contributed by atoms with Gasteiger partial charge in [-0.1, -0.05) is 23.0 Å². The van der Waals surface area contributed by atoms with E-state index in [1.165, 1.54) is 38.5 Å². The maximum Gasteiger partial charge on any atom is 0.352 e. The molecule has 2 aliphatic heterocycles. The molecule has 0 spiro atoms. The van der Waals surface area contributed by atoms with Crippen LogP contribution in [0.1, 0.15) is 5.69 Å². The maximum absolute atomic E-state index is 13.0. The van der Waals surface area contributed by atoms with Gasteiger partial charge < -0.3 is 26.7 Å². The van der Waals surface area contributed by atoms with E-state index in [9.17, 15) is 19.5 Å². The van der Waals surface area contributed by atoms with Crippen molar-refractivity contribution in [3.63, 3.8) is 0 Å². The number of anilines is 1. The fraction of sp³-hybridized carbons (Fsp3) is 0.368. The van der Waals surface area contributed by atoms with Crippen LogP contribution in [0.15, 0.2) is 39.6 Å². The molecule has 2 atom stereocenters. The van der Waals surface area contributed by atoms with Crippen LogP contribution in [0.5, 0.6) is 0 Å². The summed E-state index contributed by atoms with van der Waals surface area (Å²) in [5, 5.41) is 29.4. The fourth-order valence-corrected chi connectivity index (χ4v) is 6.38. The Morgan fingerprint density at radius 1 is 1.41 bits per heavy atom. The standard InChI is InChI=1S/C19H22N10O5S3.2ClH/c1-2-4-28-19(24-26-27-28)37-7-9-6-35-16-12(15(31)29(16)13(9)17(32)33)23-14(30)11(25-34-5-3-20)10-8-36-18(21)22-10;;/h2,8,12,16H,1,3-7,20H2,(H2,21,22)(H,23,30)(H,32,33);2*1H/b25-11-;;/t12?,16-;;/m1../s1. The van der Waals surface area contributed by atoms with Crippen LogP contribution in [0.2, 0.25) is 0 Å². The van der Waals surface area contributed by atoms with Crippen LogP contribution in [0.4, 0.5) is 5.13 Å². The highest BCUT2D eigenvalue weighted by Gasteiger charge is 2.54. The number of aliphatic carboxylic acids is 1. The molecule has 4 heterocycles. The Kier molecular flexibility index (Phi) is 12.0. The molecular weight excluding hydrogens is 615 g/mol. The third kappa shape index (κ3) is 7.00. The van der Waals surface area contributed by atoms with Gasteiger partial charge in [-0.3, -0.25) is 14.5 Å². The smallest absolute Gasteiger partial charge is 0.352 e. The lowest BCUT2D eigenvalue weighted by Gasteiger charge is -2.49. The van der Waals surface area contributed by atoms with Crippen molar-refractivity contribution in [2.24, 2.45) is 10.9 Å². The van der Waals surface area contributed by atoms with Gasteiger partial charge in [0, 0.05) is 23.4 Å². The normalized spacial score (nSPS) is 18.3. The van der Waals surface area contributed by atoms with Crippen LogP contribution in [-0.4, -0.2) is 94.8 Å². The average molecular weight is 640 g/mol. The minimum Gasteiger partial charge on any atom is -0.477 e. The van der Waals surface area contributed by atoms with Crippen molar-refractivity contribution in [3.8, 4) is 0 Å². The van der Waals surface area contributed by atoms with E-state index in [2.05, 4.69) is 37.6 Å². The first-order valence-corrected chi connectivity index (χ1v) is 13.6. The number of nitrogen functional groups attached to an aromatic ring is 1. The molecule has 15 nitrogen and oxygen atoms in total. The molecule has 20 heteroatoms. The van der Waals surface area contributed by atoms with Crippen molar-refractivity contribution in [2.45, 2.75) is 23.1 Å². The number of thioether (sulfide) groups is 2. The van der Waals surface area contributed by atoms with E-state index in [1.54, 1.807) is 6.08 Å². The van der Waals surface area contributed by atoms with Gasteiger partial charge in [0.2, 0.25) is 5.16 Å². The van der Waals surface area contributed by atoms with Crippen molar-refractivity contribution >= 4 is 88.3 Å². The number of tetrazole rings is 1. The predicted molar refractivity (Wildman–Crippen MR) is 151 cm³/mol. The number of allylic oxidation sites excluding steroid dienone is 1. The van der Waals surface area contributed by atoms with Crippen molar-refractivity contribution < 1.29 is 24.3 Å². The Balaban J connectivity index is 0.00000267. The van der Waals surface area contributed by atoms with Gasteiger partial charge in [-0.15, -0.1) is 59.6 Å². The van der Waals surface area contributed by atoms with Gasteiger partial charge in [0.25, 0.3) is 11.8 Å². The molecule has 39 heavy (non-hydrogen) atoms.